The lowest BCUT2D eigenvalue weighted by Crippen LogP contribution is -2.27. The SMILES string of the molecule is CC(C)C(N=c1c2ccccc2n(O)c2ccccc12)C(=O)O. The van der Waals surface area contributed by atoms with E-state index in [1.807, 2.05) is 50.2 Å². The summed E-state index contributed by atoms with van der Waals surface area (Å²) in [5.41, 5.74) is 1.19. The Hall–Kier alpha value is -2.82. The second kappa shape index (κ2) is 5.76. The summed E-state index contributed by atoms with van der Waals surface area (Å²) in [7, 11) is 0. The van der Waals surface area contributed by atoms with Gasteiger partial charge in [-0.3, -0.25) is 4.99 Å². The van der Waals surface area contributed by atoms with E-state index in [0.717, 1.165) is 15.5 Å². The molecule has 1 aromatic heterocycles. The fourth-order valence-electron chi connectivity index (χ4n) is 2.76. The van der Waals surface area contributed by atoms with Crippen LogP contribution >= 0.6 is 0 Å². The number of rotatable bonds is 3. The molecule has 2 N–H and O–H groups in total. The summed E-state index contributed by atoms with van der Waals surface area (Å²) in [4.78, 5) is 16.1. The maximum absolute atomic E-state index is 11.5. The number of hydrogen-bond acceptors (Lipinski definition) is 3. The third-order valence-corrected chi connectivity index (χ3v) is 3.93. The molecule has 0 amide bonds. The zero-order chi connectivity index (χ0) is 16.6. The number of carbonyl (C=O) groups is 1. The minimum atomic E-state index is -0.950. The standard InChI is InChI=1S/C18H18N2O3/c1-11(2)16(18(21)22)19-17-12-7-3-5-9-14(12)20(23)15-10-6-4-8-13(15)17/h3-11,16,23H,1-2H3,(H,21,22). The van der Waals surface area contributed by atoms with Gasteiger partial charge < -0.3 is 10.3 Å². The van der Waals surface area contributed by atoms with Crippen molar-refractivity contribution in [1.29, 1.82) is 0 Å². The Kier molecular flexibility index (Phi) is 3.78. The largest absolute Gasteiger partial charge is 0.480 e. The average molecular weight is 310 g/mol. The molecule has 5 nitrogen and oxygen atoms in total. The predicted molar refractivity (Wildman–Crippen MR) is 88.5 cm³/mol. The Morgan fingerprint density at radius 2 is 1.48 bits per heavy atom. The molecule has 23 heavy (non-hydrogen) atoms. The van der Waals surface area contributed by atoms with Gasteiger partial charge in [-0.15, -0.1) is 0 Å². The van der Waals surface area contributed by atoms with Gasteiger partial charge in [-0.05, 0) is 18.1 Å². The highest BCUT2D eigenvalue weighted by Gasteiger charge is 2.20. The van der Waals surface area contributed by atoms with E-state index in [9.17, 15) is 15.1 Å². The molecule has 0 bridgehead atoms. The van der Waals surface area contributed by atoms with E-state index in [1.165, 1.54) is 0 Å². The van der Waals surface area contributed by atoms with Crippen molar-refractivity contribution < 1.29 is 15.1 Å². The molecule has 1 atom stereocenters. The van der Waals surface area contributed by atoms with Crippen LogP contribution in [-0.2, 0) is 4.79 Å². The number of para-hydroxylation sites is 2. The Bertz CT molecular complexity index is 897. The molecule has 3 aromatic rings. The van der Waals surface area contributed by atoms with Crippen molar-refractivity contribution in [2.75, 3.05) is 0 Å². The van der Waals surface area contributed by atoms with E-state index >= 15 is 0 Å². The summed E-state index contributed by atoms with van der Waals surface area (Å²) in [5.74, 6) is -1.08. The van der Waals surface area contributed by atoms with Crippen LogP contribution in [0.25, 0.3) is 21.8 Å². The van der Waals surface area contributed by atoms with Crippen LogP contribution in [0.2, 0.25) is 0 Å². The molecule has 0 radical (unpaired) electrons. The van der Waals surface area contributed by atoms with Crippen molar-refractivity contribution >= 4 is 27.8 Å². The second-order valence-corrected chi connectivity index (χ2v) is 5.85. The molecule has 118 valence electrons. The number of fused-ring (bicyclic) bond motifs is 2. The van der Waals surface area contributed by atoms with Gasteiger partial charge in [-0.25, -0.2) is 4.79 Å². The molecule has 2 aromatic carbocycles. The highest BCUT2D eigenvalue weighted by molar-refractivity contribution is 5.93. The lowest BCUT2D eigenvalue weighted by atomic mass is 10.0. The van der Waals surface area contributed by atoms with Gasteiger partial charge >= 0.3 is 5.97 Å². The number of nitrogens with zero attached hydrogens (tertiary/aromatic N) is 2. The zero-order valence-corrected chi connectivity index (χ0v) is 13.0. The van der Waals surface area contributed by atoms with E-state index in [-0.39, 0.29) is 5.92 Å². The summed E-state index contributed by atoms with van der Waals surface area (Å²) in [6.45, 7) is 3.67. The smallest absolute Gasteiger partial charge is 0.328 e. The Balaban J connectivity index is 2.51. The first-order chi connectivity index (χ1) is 11.0. The molecule has 0 fully saturated rings. The molecule has 0 aliphatic carbocycles. The summed E-state index contributed by atoms with van der Waals surface area (Å²) in [6.07, 6.45) is 0. The predicted octanol–water partition coefficient (Wildman–Crippen LogP) is 3.04. The number of carboxylic acids is 1. The van der Waals surface area contributed by atoms with Crippen molar-refractivity contribution in [3.8, 4) is 0 Å². The van der Waals surface area contributed by atoms with Crippen molar-refractivity contribution in [2.24, 2.45) is 10.9 Å². The average Bonchev–Trinajstić information content (AvgIpc) is 2.54. The van der Waals surface area contributed by atoms with Gasteiger partial charge in [0.05, 0.1) is 16.4 Å². The number of hydrogen-bond donors (Lipinski definition) is 2. The first-order valence-electron chi connectivity index (χ1n) is 7.49. The normalized spacial score (nSPS) is 12.7. The first kappa shape index (κ1) is 15.1. The molecular formula is C18H18N2O3. The highest BCUT2D eigenvalue weighted by atomic mass is 16.5. The van der Waals surface area contributed by atoms with Crippen LogP contribution in [-0.4, -0.2) is 27.1 Å². The number of carboxylic acid groups (broad SMARTS) is 1. The Morgan fingerprint density at radius 3 is 1.91 bits per heavy atom. The second-order valence-electron chi connectivity index (χ2n) is 5.85. The topological polar surface area (TPSA) is 74.8 Å². The van der Waals surface area contributed by atoms with Gasteiger partial charge in [0.15, 0.2) is 0 Å². The number of pyridine rings is 1. The van der Waals surface area contributed by atoms with Gasteiger partial charge in [-0.2, -0.15) is 4.73 Å². The summed E-state index contributed by atoms with van der Waals surface area (Å²) in [6, 6.07) is 13.8. The fraction of sp³-hybridized carbons (Fsp3) is 0.222. The summed E-state index contributed by atoms with van der Waals surface area (Å²) < 4.78 is 1.12. The summed E-state index contributed by atoms with van der Waals surface area (Å²) >= 11 is 0. The van der Waals surface area contributed by atoms with E-state index in [2.05, 4.69) is 4.99 Å². The molecule has 0 saturated heterocycles. The minimum Gasteiger partial charge on any atom is -0.480 e. The van der Waals surface area contributed by atoms with E-state index in [1.54, 1.807) is 12.1 Å². The van der Waals surface area contributed by atoms with Crippen LogP contribution in [0.4, 0.5) is 0 Å². The monoisotopic (exact) mass is 310 g/mol. The first-order valence-corrected chi connectivity index (χ1v) is 7.49. The maximum Gasteiger partial charge on any atom is 0.328 e. The Morgan fingerprint density at radius 1 is 1.00 bits per heavy atom. The lowest BCUT2D eigenvalue weighted by molar-refractivity contribution is -0.139. The molecular weight excluding hydrogens is 292 g/mol. The quantitative estimate of drug-likeness (QED) is 0.577. The van der Waals surface area contributed by atoms with Crippen LogP contribution < -0.4 is 5.36 Å². The molecule has 1 unspecified atom stereocenters. The van der Waals surface area contributed by atoms with E-state index < -0.39 is 12.0 Å². The zero-order valence-electron chi connectivity index (χ0n) is 13.0. The van der Waals surface area contributed by atoms with Crippen LogP contribution in [0.5, 0.6) is 0 Å². The van der Waals surface area contributed by atoms with Gasteiger partial charge in [0.25, 0.3) is 0 Å². The lowest BCUT2D eigenvalue weighted by Gasteiger charge is -2.14. The van der Waals surface area contributed by atoms with Gasteiger partial charge in [0.2, 0.25) is 0 Å². The number of benzene rings is 2. The van der Waals surface area contributed by atoms with Gasteiger partial charge in [-0.1, -0.05) is 50.2 Å². The van der Waals surface area contributed by atoms with Crippen molar-refractivity contribution in [3.63, 3.8) is 0 Å². The van der Waals surface area contributed by atoms with E-state index in [0.29, 0.717) is 16.4 Å². The number of aromatic nitrogens is 1. The van der Waals surface area contributed by atoms with Crippen LogP contribution in [0, 0.1) is 5.92 Å². The molecule has 0 aliphatic heterocycles. The maximum atomic E-state index is 11.5. The third kappa shape index (κ3) is 2.54. The molecule has 5 heteroatoms. The van der Waals surface area contributed by atoms with Crippen LogP contribution in [0.15, 0.2) is 53.5 Å². The van der Waals surface area contributed by atoms with E-state index in [4.69, 9.17) is 0 Å². The molecule has 3 rings (SSSR count). The van der Waals surface area contributed by atoms with Crippen molar-refractivity contribution in [2.45, 2.75) is 19.9 Å². The fourth-order valence-corrected chi connectivity index (χ4v) is 2.76. The number of aliphatic carboxylic acids is 1. The molecule has 0 saturated carbocycles. The van der Waals surface area contributed by atoms with Crippen molar-refractivity contribution in [1.82, 2.24) is 4.73 Å². The Labute approximate surface area is 133 Å². The third-order valence-electron chi connectivity index (χ3n) is 3.93. The van der Waals surface area contributed by atoms with Crippen LogP contribution in [0.3, 0.4) is 0 Å². The highest BCUT2D eigenvalue weighted by Crippen LogP contribution is 2.18. The summed E-state index contributed by atoms with van der Waals surface area (Å²) in [5, 5.41) is 21.9. The van der Waals surface area contributed by atoms with Gasteiger partial charge in [0, 0.05) is 10.8 Å². The minimum absolute atomic E-state index is 0.133. The van der Waals surface area contributed by atoms with Crippen LogP contribution in [0.1, 0.15) is 13.8 Å². The molecule has 1 heterocycles. The van der Waals surface area contributed by atoms with Crippen molar-refractivity contribution in [3.05, 3.63) is 53.9 Å². The molecule has 0 aliphatic rings. The van der Waals surface area contributed by atoms with Gasteiger partial charge in [0.1, 0.15) is 6.04 Å². The molecule has 0 spiro atoms.